The van der Waals surface area contributed by atoms with Gasteiger partial charge >= 0.3 is 0 Å². The van der Waals surface area contributed by atoms with Crippen LogP contribution in [0.25, 0.3) is 0 Å². The van der Waals surface area contributed by atoms with Crippen LogP contribution < -0.4 is 14.9 Å². The van der Waals surface area contributed by atoms with Crippen molar-refractivity contribution in [1.82, 2.24) is 5.43 Å². The number of nitrogens with zero attached hydrogens (tertiary/aromatic N) is 1. The number of carbonyl (C=O) groups excluding carboxylic acids is 1. The molecule has 25 heavy (non-hydrogen) atoms. The highest BCUT2D eigenvalue weighted by molar-refractivity contribution is 6.30. The van der Waals surface area contributed by atoms with E-state index in [1.165, 1.54) is 0 Å². The largest absolute Gasteiger partial charge is 0.493 e. The number of para-hydroxylation sites is 1. The van der Waals surface area contributed by atoms with Gasteiger partial charge in [-0.2, -0.15) is 5.10 Å². The van der Waals surface area contributed by atoms with Crippen molar-refractivity contribution >= 4 is 23.7 Å². The molecule has 0 aliphatic rings. The molecule has 0 unspecified atom stereocenters. The van der Waals surface area contributed by atoms with E-state index in [9.17, 15) is 4.79 Å². The Hall–Kier alpha value is -2.53. The second-order valence-electron chi connectivity index (χ2n) is 5.28. The Morgan fingerprint density at radius 3 is 2.68 bits per heavy atom. The number of ether oxygens (including phenoxy) is 2. The van der Waals surface area contributed by atoms with Crippen molar-refractivity contribution in [2.75, 3.05) is 13.2 Å². The first-order valence-electron chi connectivity index (χ1n) is 8.11. The van der Waals surface area contributed by atoms with E-state index in [2.05, 4.69) is 17.5 Å². The lowest BCUT2D eigenvalue weighted by Crippen LogP contribution is -2.24. The first-order chi connectivity index (χ1) is 12.2. The summed E-state index contributed by atoms with van der Waals surface area (Å²) in [4.78, 5) is 11.8. The SMILES string of the molecule is CCCCOc1ccccc1C=NNC(=O)COc1ccc(Cl)cc1. The molecule has 0 saturated carbocycles. The standard InChI is InChI=1S/C19H21ClN2O3/c1-2-3-12-24-18-7-5-4-6-15(18)13-21-22-19(23)14-25-17-10-8-16(20)9-11-17/h4-11,13H,2-3,12,14H2,1H3,(H,22,23). The molecule has 2 rings (SSSR count). The van der Waals surface area contributed by atoms with E-state index >= 15 is 0 Å². The predicted molar refractivity (Wildman–Crippen MR) is 99.5 cm³/mol. The van der Waals surface area contributed by atoms with E-state index in [-0.39, 0.29) is 12.5 Å². The molecular weight excluding hydrogens is 340 g/mol. The predicted octanol–water partition coefficient (Wildman–Crippen LogP) is 4.05. The molecule has 0 saturated heterocycles. The highest BCUT2D eigenvalue weighted by atomic mass is 35.5. The summed E-state index contributed by atoms with van der Waals surface area (Å²) in [5.74, 6) is 0.958. The summed E-state index contributed by atoms with van der Waals surface area (Å²) in [5.41, 5.74) is 3.23. The highest BCUT2D eigenvalue weighted by Gasteiger charge is 2.03. The van der Waals surface area contributed by atoms with Crippen molar-refractivity contribution in [1.29, 1.82) is 0 Å². The van der Waals surface area contributed by atoms with Gasteiger partial charge in [0, 0.05) is 10.6 Å². The van der Waals surface area contributed by atoms with Gasteiger partial charge in [-0.25, -0.2) is 5.43 Å². The van der Waals surface area contributed by atoms with Crippen LogP contribution in [0.4, 0.5) is 0 Å². The quantitative estimate of drug-likeness (QED) is 0.417. The average Bonchev–Trinajstić information content (AvgIpc) is 2.63. The number of unbranched alkanes of at least 4 members (excludes halogenated alkanes) is 1. The molecule has 0 radical (unpaired) electrons. The van der Waals surface area contributed by atoms with Gasteiger partial charge in [0.25, 0.3) is 5.91 Å². The number of nitrogens with one attached hydrogen (secondary N) is 1. The zero-order chi connectivity index (χ0) is 17.9. The molecule has 0 aliphatic heterocycles. The Morgan fingerprint density at radius 1 is 1.16 bits per heavy atom. The lowest BCUT2D eigenvalue weighted by molar-refractivity contribution is -0.123. The minimum atomic E-state index is -0.351. The normalized spacial score (nSPS) is 10.6. The lowest BCUT2D eigenvalue weighted by Gasteiger charge is -2.08. The van der Waals surface area contributed by atoms with Gasteiger partial charge in [0.2, 0.25) is 0 Å². The van der Waals surface area contributed by atoms with Crippen LogP contribution in [0.15, 0.2) is 53.6 Å². The average molecular weight is 361 g/mol. The molecule has 2 aromatic rings. The van der Waals surface area contributed by atoms with E-state index in [1.807, 2.05) is 24.3 Å². The zero-order valence-corrected chi connectivity index (χ0v) is 14.8. The second-order valence-corrected chi connectivity index (χ2v) is 5.71. The molecule has 132 valence electrons. The molecule has 0 atom stereocenters. The summed E-state index contributed by atoms with van der Waals surface area (Å²) in [7, 11) is 0. The molecule has 1 N–H and O–H groups in total. The van der Waals surface area contributed by atoms with Gasteiger partial charge in [0.1, 0.15) is 11.5 Å². The van der Waals surface area contributed by atoms with Crippen molar-refractivity contribution < 1.29 is 14.3 Å². The smallest absolute Gasteiger partial charge is 0.277 e. The fraction of sp³-hybridized carbons (Fsp3) is 0.263. The fourth-order valence-corrected chi connectivity index (χ4v) is 2.06. The number of carbonyl (C=O) groups is 1. The minimum Gasteiger partial charge on any atom is -0.493 e. The first-order valence-corrected chi connectivity index (χ1v) is 8.49. The number of hydrogen-bond acceptors (Lipinski definition) is 4. The molecule has 1 amide bonds. The number of halogens is 1. The van der Waals surface area contributed by atoms with Gasteiger partial charge in [0.15, 0.2) is 6.61 Å². The fourth-order valence-electron chi connectivity index (χ4n) is 1.93. The maximum Gasteiger partial charge on any atom is 0.277 e. The van der Waals surface area contributed by atoms with Gasteiger partial charge < -0.3 is 9.47 Å². The van der Waals surface area contributed by atoms with Crippen LogP contribution in [-0.4, -0.2) is 25.3 Å². The van der Waals surface area contributed by atoms with Crippen LogP contribution in [0.2, 0.25) is 5.02 Å². The van der Waals surface area contributed by atoms with Crippen LogP contribution in [-0.2, 0) is 4.79 Å². The summed E-state index contributed by atoms with van der Waals surface area (Å²) < 4.78 is 11.1. The minimum absolute atomic E-state index is 0.131. The van der Waals surface area contributed by atoms with E-state index in [0.29, 0.717) is 17.4 Å². The van der Waals surface area contributed by atoms with Gasteiger partial charge in [-0.1, -0.05) is 37.1 Å². The molecule has 0 bridgehead atoms. The lowest BCUT2D eigenvalue weighted by atomic mass is 10.2. The van der Waals surface area contributed by atoms with Crippen LogP contribution in [0.5, 0.6) is 11.5 Å². The molecule has 0 heterocycles. The number of hydrogen-bond donors (Lipinski definition) is 1. The van der Waals surface area contributed by atoms with Crippen LogP contribution >= 0.6 is 11.6 Å². The summed E-state index contributed by atoms with van der Waals surface area (Å²) in [5, 5.41) is 4.56. The Balaban J connectivity index is 1.81. The van der Waals surface area contributed by atoms with Gasteiger partial charge in [-0.3, -0.25) is 4.79 Å². The zero-order valence-electron chi connectivity index (χ0n) is 14.1. The van der Waals surface area contributed by atoms with Crippen LogP contribution in [0, 0.1) is 0 Å². The summed E-state index contributed by atoms with van der Waals surface area (Å²) in [6.07, 6.45) is 3.62. The highest BCUT2D eigenvalue weighted by Crippen LogP contribution is 2.16. The van der Waals surface area contributed by atoms with E-state index in [0.717, 1.165) is 24.2 Å². The molecule has 5 nitrogen and oxygen atoms in total. The second kappa shape index (κ2) is 10.4. The molecular formula is C19H21ClN2O3. The third-order valence-electron chi connectivity index (χ3n) is 3.25. The molecule has 6 heteroatoms. The Bertz CT molecular complexity index is 702. The van der Waals surface area contributed by atoms with E-state index in [1.54, 1.807) is 30.5 Å². The Morgan fingerprint density at radius 2 is 1.92 bits per heavy atom. The first kappa shape index (κ1) is 18.8. The number of rotatable bonds is 9. The number of benzene rings is 2. The third-order valence-corrected chi connectivity index (χ3v) is 3.50. The Labute approximate surface area is 152 Å². The van der Waals surface area contributed by atoms with Crippen molar-refractivity contribution in [2.45, 2.75) is 19.8 Å². The third kappa shape index (κ3) is 6.85. The molecule has 0 aliphatic carbocycles. The molecule has 0 aromatic heterocycles. The molecule has 0 spiro atoms. The van der Waals surface area contributed by atoms with E-state index in [4.69, 9.17) is 21.1 Å². The van der Waals surface area contributed by atoms with Crippen molar-refractivity contribution in [3.63, 3.8) is 0 Å². The van der Waals surface area contributed by atoms with Crippen molar-refractivity contribution in [2.24, 2.45) is 5.10 Å². The maximum atomic E-state index is 11.8. The molecule has 0 fully saturated rings. The summed E-state index contributed by atoms with van der Waals surface area (Å²) in [6, 6.07) is 14.3. The van der Waals surface area contributed by atoms with E-state index < -0.39 is 0 Å². The topological polar surface area (TPSA) is 59.9 Å². The van der Waals surface area contributed by atoms with Gasteiger partial charge in [0.05, 0.1) is 12.8 Å². The number of hydrazone groups is 1. The summed E-state index contributed by atoms with van der Waals surface area (Å²) in [6.45, 7) is 2.63. The van der Waals surface area contributed by atoms with Crippen LogP contribution in [0.3, 0.4) is 0 Å². The maximum absolute atomic E-state index is 11.8. The molecule has 2 aromatic carbocycles. The number of amides is 1. The van der Waals surface area contributed by atoms with Gasteiger partial charge in [-0.05, 0) is 42.8 Å². The van der Waals surface area contributed by atoms with Crippen molar-refractivity contribution in [3.05, 3.63) is 59.1 Å². The van der Waals surface area contributed by atoms with Crippen LogP contribution in [0.1, 0.15) is 25.3 Å². The monoisotopic (exact) mass is 360 g/mol. The van der Waals surface area contributed by atoms with Crippen molar-refractivity contribution in [3.8, 4) is 11.5 Å². The van der Waals surface area contributed by atoms with Gasteiger partial charge in [-0.15, -0.1) is 0 Å². The summed E-state index contributed by atoms with van der Waals surface area (Å²) >= 11 is 5.79. The Kier molecular flexibility index (Phi) is 7.79.